The van der Waals surface area contributed by atoms with Crippen molar-refractivity contribution in [2.24, 2.45) is 11.8 Å². The van der Waals surface area contributed by atoms with Gasteiger partial charge in [0.05, 0.1) is 13.7 Å². The van der Waals surface area contributed by atoms with E-state index in [0.717, 1.165) is 70.0 Å². The molecule has 0 spiro atoms. The Kier molecular flexibility index (Phi) is 6.96. The Bertz CT molecular complexity index is 885. The van der Waals surface area contributed by atoms with Gasteiger partial charge in [0.2, 0.25) is 5.91 Å². The molecule has 1 aromatic carbocycles. The number of imidazole rings is 1. The standard InChI is InChI=1S/C25H36N4O2/c1-19-26-11-15-29(19)18-22-16-20(7-8-24(22)31-3)17-28-13-9-21(10-14-28)23-6-4-5-12-27(2)25(23)30/h7-8,11,15-16,21,23H,4-6,9-10,12-14,17-18H2,1-3H3/t23-/m0/s1. The molecule has 1 amide bonds. The average Bonchev–Trinajstić information content (AvgIpc) is 3.10. The number of nitrogens with zero attached hydrogens (tertiary/aromatic N) is 4. The molecule has 0 unspecified atom stereocenters. The largest absolute Gasteiger partial charge is 0.496 e. The van der Waals surface area contributed by atoms with Gasteiger partial charge in [-0.3, -0.25) is 9.69 Å². The first kappa shape index (κ1) is 21.9. The minimum Gasteiger partial charge on any atom is -0.496 e. The number of aromatic nitrogens is 2. The molecule has 0 aliphatic carbocycles. The van der Waals surface area contributed by atoms with E-state index in [1.54, 1.807) is 7.11 Å². The van der Waals surface area contributed by atoms with Gasteiger partial charge in [-0.05, 0) is 69.3 Å². The molecule has 2 saturated heterocycles. The average molecular weight is 425 g/mol. The lowest BCUT2D eigenvalue weighted by Crippen LogP contribution is -2.41. The zero-order valence-corrected chi connectivity index (χ0v) is 19.2. The number of rotatable bonds is 6. The summed E-state index contributed by atoms with van der Waals surface area (Å²) < 4.78 is 7.75. The summed E-state index contributed by atoms with van der Waals surface area (Å²) in [4.78, 5) is 21.6. The molecule has 0 radical (unpaired) electrons. The molecule has 2 aliphatic heterocycles. The Morgan fingerprint density at radius 1 is 1.10 bits per heavy atom. The summed E-state index contributed by atoms with van der Waals surface area (Å²) in [5.41, 5.74) is 2.50. The zero-order chi connectivity index (χ0) is 21.8. The van der Waals surface area contributed by atoms with Gasteiger partial charge in [-0.25, -0.2) is 4.98 Å². The van der Waals surface area contributed by atoms with E-state index in [2.05, 4.69) is 32.7 Å². The number of aryl methyl sites for hydroxylation is 1. The molecular formula is C25H36N4O2. The van der Waals surface area contributed by atoms with Gasteiger partial charge in [0.1, 0.15) is 11.6 Å². The van der Waals surface area contributed by atoms with E-state index >= 15 is 0 Å². The number of hydrogen-bond donors (Lipinski definition) is 0. The van der Waals surface area contributed by atoms with Crippen molar-refractivity contribution in [2.75, 3.05) is 33.8 Å². The summed E-state index contributed by atoms with van der Waals surface area (Å²) in [6.07, 6.45) is 9.51. The Hall–Kier alpha value is -2.34. The van der Waals surface area contributed by atoms with Crippen LogP contribution in [0.5, 0.6) is 5.75 Å². The van der Waals surface area contributed by atoms with Crippen molar-refractivity contribution in [1.82, 2.24) is 19.4 Å². The van der Waals surface area contributed by atoms with E-state index in [1.807, 2.05) is 31.3 Å². The molecule has 2 aliphatic rings. The maximum Gasteiger partial charge on any atom is 0.225 e. The first-order chi connectivity index (χ1) is 15.0. The molecule has 1 aromatic heterocycles. The SMILES string of the molecule is COc1ccc(CN2CCC([C@@H]3CCCCN(C)C3=O)CC2)cc1Cn1ccnc1C. The van der Waals surface area contributed by atoms with Gasteiger partial charge in [0.15, 0.2) is 0 Å². The van der Waals surface area contributed by atoms with Crippen molar-refractivity contribution < 1.29 is 9.53 Å². The van der Waals surface area contributed by atoms with Gasteiger partial charge in [-0.2, -0.15) is 0 Å². The molecule has 6 heteroatoms. The fourth-order valence-electron chi connectivity index (χ4n) is 5.25. The third-order valence-electron chi connectivity index (χ3n) is 7.17. The lowest BCUT2D eigenvalue weighted by molar-refractivity contribution is -0.136. The number of carbonyl (C=O) groups excluding carboxylic acids is 1. The number of benzene rings is 1. The topological polar surface area (TPSA) is 50.6 Å². The second kappa shape index (κ2) is 9.86. The van der Waals surface area contributed by atoms with Crippen molar-refractivity contribution in [3.05, 3.63) is 47.5 Å². The molecular weight excluding hydrogens is 388 g/mol. The van der Waals surface area contributed by atoms with Crippen LogP contribution in [0.1, 0.15) is 49.1 Å². The molecule has 0 saturated carbocycles. The molecule has 168 valence electrons. The quantitative estimate of drug-likeness (QED) is 0.709. The smallest absolute Gasteiger partial charge is 0.225 e. The van der Waals surface area contributed by atoms with Crippen LogP contribution in [0.2, 0.25) is 0 Å². The van der Waals surface area contributed by atoms with Crippen molar-refractivity contribution in [3.63, 3.8) is 0 Å². The molecule has 31 heavy (non-hydrogen) atoms. The van der Waals surface area contributed by atoms with Crippen LogP contribution in [0, 0.1) is 18.8 Å². The monoisotopic (exact) mass is 424 g/mol. The molecule has 3 heterocycles. The van der Waals surface area contributed by atoms with Crippen LogP contribution >= 0.6 is 0 Å². The molecule has 1 atom stereocenters. The molecule has 2 aromatic rings. The van der Waals surface area contributed by atoms with E-state index in [-0.39, 0.29) is 5.92 Å². The van der Waals surface area contributed by atoms with Crippen LogP contribution in [-0.2, 0) is 17.9 Å². The van der Waals surface area contributed by atoms with Crippen molar-refractivity contribution in [1.29, 1.82) is 0 Å². The normalized spacial score (nSPS) is 21.3. The lowest BCUT2D eigenvalue weighted by atomic mass is 9.81. The van der Waals surface area contributed by atoms with Gasteiger partial charge >= 0.3 is 0 Å². The maximum atomic E-state index is 12.8. The summed E-state index contributed by atoms with van der Waals surface area (Å²) in [7, 11) is 3.71. The van der Waals surface area contributed by atoms with Gasteiger partial charge in [0.25, 0.3) is 0 Å². The van der Waals surface area contributed by atoms with Gasteiger partial charge < -0.3 is 14.2 Å². The van der Waals surface area contributed by atoms with Crippen molar-refractivity contribution in [2.45, 2.75) is 52.1 Å². The number of carbonyl (C=O) groups is 1. The highest BCUT2D eigenvalue weighted by Crippen LogP contribution is 2.32. The van der Waals surface area contributed by atoms with Crippen LogP contribution < -0.4 is 4.74 Å². The van der Waals surface area contributed by atoms with E-state index < -0.39 is 0 Å². The van der Waals surface area contributed by atoms with Crippen LogP contribution in [0.4, 0.5) is 0 Å². The second-order valence-corrected chi connectivity index (χ2v) is 9.22. The van der Waals surface area contributed by atoms with Crippen molar-refractivity contribution in [3.8, 4) is 5.75 Å². The summed E-state index contributed by atoms with van der Waals surface area (Å²) in [6, 6.07) is 6.54. The minimum atomic E-state index is 0.237. The molecule has 6 nitrogen and oxygen atoms in total. The summed E-state index contributed by atoms with van der Waals surface area (Å²) >= 11 is 0. The van der Waals surface area contributed by atoms with Gasteiger partial charge in [-0.1, -0.05) is 12.5 Å². The maximum absolute atomic E-state index is 12.8. The van der Waals surface area contributed by atoms with Crippen LogP contribution in [0.3, 0.4) is 0 Å². The zero-order valence-electron chi connectivity index (χ0n) is 19.2. The van der Waals surface area contributed by atoms with E-state index in [9.17, 15) is 4.79 Å². The van der Waals surface area contributed by atoms with Crippen LogP contribution in [0.15, 0.2) is 30.6 Å². The predicted molar refractivity (Wildman–Crippen MR) is 122 cm³/mol. The minimum absolute atomic E-state index is 0.237. The highest BCUT2D eigenvalue weighted by Gasteiger charge is 2.33. The summed E-state index contributed by atoms with van der Waals surface area (Å²) in [5.74, 6) is 3.09. The van der Waals surface area contributed by atoms with Gasteiger partial charge in [-0.15, -0.1) is 0 Å². The number of likely N-dealkylation sites (tertiary alicyclic amines) is 2. The van der Waals surface area contributed by atoms with E-state index in [1.165, 1.54) is 17.5 Å². The Labute approximate surface area is 186 Å². The third-order valence-corrected chi connectivity index (χ3v) is 7.17. The van der Waals surface area contributed by atoms with Crippen molar-refractivity contribution >= 4 is 5.91 Å². The highest BCUT2D eigenvalue weighted by molar-refractivity contribution is 5.79. The molecule has 0 N–H and O–H groups in total. The van der Waals surface area contributed by atoms with E-state index in [0.29, 0.717) is 11.8 Å². The molecule has 4 rings (SSSR count). The van der Waals surface area contributed by atoms with Gasteiger partial charge in [0, 0.05) is 44.0 Å². The van der Waals surface area contributed by atoms with Crippen LogP contribution in [-0.4, -0.2) is 59.0 Å². The number of piperidine rings is 1. The Balaban J connectivity index is 1.37. The first-order valence-corrected chi connectivity index (χ1v) is 11.7. The van der Waals surface area contributed by atoms with E-state index in [4.69, 9.17) is 4.74 Å². The fourth-order valence-corrected chi connectivity index (χ4v) is 5.25. The second-order valence-electron chi connectivity index (χ2n) is 9.22. The first-order valence-electron chi connectivity index (χ1n) is 11.7. The summed E-state index contributed by atoms with van der Waals surface area (Å²) in [6.45, 7) is 6.80. The van der Waals surface area contributed by atoms with Crippen LogP contribution in [0.25, 0.3) is 0 Å². The fraction of sp³-hybridized carbons (Fsp3) is 0.600. The number of methoxy groups -OCH3 is 1. The number of hydrogen-bond acceptors (Lipinski definition) is 4. The number of ether oxygens (including phenoxy) is 1. The lowest BCUT2D eigenvalue weighted by Gasteiger charge is -2.36. The number of amides is 1. The summed E-state index contributed by atoms with van der Waals surface area (Å²) in [5, 5.41) is 0. The predicted octanol–water partition coefficient (Wildman–Crippen LogP) is 3.72. The molecule has 2 fully saturated rings. The molecule has 0 bridgehead atoms. The Morgan fingerprint density at radius 3 is 2.61 bits per heavy atom. The Morgan fingerprint density at radius 2 is 1.90 bits per heavy atom. The third kappa shape index (κ3) is 5.12. The highest BCUT2D eigenvalue weighted by atomic mass is 16.5.